The molecule has 2 aliphatic rings. The topological polar surface area (TPSA) is 86.7 Å². The molecule has 2 N–H and O–H groups in total. The summed E-state index contributed by atoms with van der Waals surface area (Å²) in [5, 5.41) is 12.0. The Kier molecular flexibility index (Phi) is 3.78. The summed E-state index contributed by atoms with van der Waals surface area (Å²) in [6.45, 7) is 2.68. The highest BCUT2D eigenvalue weighted by Crippen LogP contribution is 2.34. The van der Waals surface area contributed by atoms with Gasteiger partial charge >= 0.3 is 5.97 Å². The lowest BCUT2D eigenvalue weighted by molar-refractivity contribution is -0.155. The van der Waals surface area contributed by atoms with Crippen LogP contribution >= 0.6 is 0 Å². The minimum absolute atomic E-state index is 0.102. The molecule has 0 saturated carbocycles. The van der Waals surface area contributed by atoms with Crippen LogP contribution in [-0.4, -0.2) is 46.9 Å². The molecule has 0 aromatic rings. The number of amides is 2. The van der Waals surface area contributed by atoms with Crippen molar-refractivity contribution in [1.82, 2.24) is 10.2 Å². The van der Waals surface area contributed by atoms with E-state index in [2.05, 4.69) is 5.32 Å². The molecular formula is C13H20N2O4. The Morgan fingerprint density at radius 1 is 1.53 bits per heavy atom. The Morgan fingerprint density at radius 3 is 2.79 bits per heavy atom. The van der Waals surface area contributed by atoms with Crippen LogP contribution in [0.1, 0.15) is 39.0 Å². The molecule has 19 heavy (non-hydrogen) atoms. The van der Waals surface area contributed by atoms with Gasteiger partial charge < -0.3 is 15.3 Å². The molecule has 6 nitrogen and oxygen atoms in total. The average molecular weight is 268 g/mol. The molecule has 2 amide bonds. The Bertz CT molecular complexity index is 409. The molecule has 2 heterocycles. The summed E-state index contributed by atoms with van der Waals surface area (Å²) >= 11 is 0. The van der Waals surface area contributed by atoms with Crippen LogP contribution in [0.4, 0.5) is 0 Å². The van der Waals surface area contributed by atoms with Gasteiger partial charge in [0.25, 0.3) is 0 Å². The molecule has 0 spiro atoms. The second-order valence-corrected chi connectivity index (χ2v) is 5.46. The molecule has 6 heteroatoms. The number of carbonyl (C=O) groups is 3. The number of likely N-dealkylation sites (tertiary alicyclic amines) is 1. The van der Waals surface area contributed by atoms with E-state index in [4.69, 9.17) is 0 Å². The first kappa shape index (κ1) is 13.8. The van der Waals surface area contributed by atoms with Crippen molar-refractivity contribution in [2.24, 2.45) is 5.41 Å². The number of aliphatic carboxylic acids is 1. The highest BCUT2D eigenvalue weighted by atomic mass is 16.4. The highest BCUT2D eigenvalue weighted by molar-refractivity contribution is 5.91. The lowest BCUT2D eigenvalue weighted by Gasteiger charge is -2.40. The van der Waals surface area contributed by atoms with Crippen LogP contribution in [0.15, 0.2) is 0 Å². The van der Waals surface area contributed by atoms with Crippen LogP contribution in [0.2, 0.25) is 0 Å². The van der Waals surface area contributed by atoms with E-state index in [0.717, 1.165) is 0 Å². The van der Waals surface area contributed by atoms with E-state index < -0.39 is 17.4 Å². The minimum Gasteiger partial charge on any atom is -0.481 e. The fourth-order valence-corrected chi connectivity index (χ4v) is 2.95. The zero-order chi connectivity index (χ0) is 14.0. The summed E-state index contributed by atoms with van der Waals surface area (Å²) in [6.07, 6.45) is 2.72. The van der Waals surface area contributed by atoms with E-state index >= 15 is 0 Å². The van der Waals surface area contributed by atoms with Gasteiger partial charge in [-0.15, -0.1) is 0 Å². The van der Waals surface area contributed by atoms with Gasteiger partial charge in [-0.05, 0) is 25.7 Å². The molecule has 2 atom stereocenters. The van der Waals surface area contributed by atoms with E-state index in [-0.39, 0.29) is 18.4 Å². The van der Waals surface area contributed by atoms with Gasteiger partial charge in [0, 0.05) is 19.5 Å². The monoisotopic (exact) mass is 268 g/mol. The normalized spacial score (nSPS) is 31.1. The van der Waals surface area contributed by atoms with Crippen molar-refractivity contribution in [3.8, 4) is 0 Å². The summed E-state index contributed by atoms with van der Waals surface area (Å²) in [4.78, 5) is 36.5. The third kappa shape index (κ3) is 2.57. The van der Waals surface area contributed by atoms with Crippen molar-refractivity contribution in [2.75, 3.05) is 13.1 Å². The standard InChI is InChI=1S/C13H20N2O4/c1-2-13(12(18)19)6-3-7-15(8-13)11(17)9-4-5-10(16)14-9/h9H,2-8H2,1H3,(H,14,16)(H,18,19). The second kappa shape index (κ2) is 5.19. The van der Waals surface area contributed by atoms with Gasteiger partial charge in [0.05, 0.1) is 5.41 Å². The van der Waals surface area contributed by atoms with E-state index in [1.54, 1.807) is 4.90 Å². The fourth-order valence-electron chi connectivity index (χ4n) is 2.95. The van der Waals surface area contributed by atoms with Gasteiger partial charge in [-0.25, -0.2) is 0 Å². The smallest absolute Gasteiger partial charge is 0.311 e. The van der Waals surface area contributed by atoms with Crippen LogP contribution in [0.3, 0.4) is 0 Å². The van der Waals surface area contributed by atoms with Crippen LogP contribution in [-0.2, 0) is 14.4 Å². The molecule has 2 unspecified atom stereocenters. The number of nitrogens with zero attached hydrogens (tertiary/aromatic N) is 1. The number of carbonyl (C=O) groups excluding carboxylic acids is 2. The average Bonchev–Trinajstić information content (AvgIpc) is 2.84. The van der Waals surface area contributed by atoms with Crippen molar-refractivity contribution in [3.63, 3.8) is 0 Å². The highest BCUT2D eigenvalue weighted by Gasteiger charge is 2.43. The third-order valence-electron chi connectivity index (χ3n) is 4.31. The lowest BCUT2D eigenvalue weighted by atomic mass is 9.77. The molecule has 0 aromatic heterocycles. The number of piperidine rings is 1. The number of nitrogens with one attached hydrogen (secondary N) is 1. The summed E-state index contributed by atoms with van der Waals surface area (Å²) in [6, 6.07) is -0.464. The Balaban J connectivity index is 2.06. The SMILES string of the molecule is CCC1(C(=O)O)CCCN(C(=O)C2CCC(=O)N2)C1. The molecule has 0 bridgehead atoms. The third-order valence-corrected chi connectivity index (χ3v) is 4.31. The van der Waals surface area contributed by atoms with Crippen molar-refractivity contribution in [3.05, 3.63) is 0 Å². The van der Waals surface area contributed by atoms with Crippen LogP contribution < -0.4 is 5.32 Å². The second-order valence-electron chi connectivity index (χ2n) is 5.46. The maximum atomic E-state index is 12.3. The van der Waals surface area contributed by atoms with Crippen molar-refractivity contribution >= 4 is 17.8 Å². The molecule has 0 radical (unpaired) electrons. The van der Waals surface area contributed by atoms with Crippen molar-refractivity contribution in [1.29, 1.82) is 0 Å². The number of carboxylic acids is 1. The van der Waals surface area contributed by atoms with E-state index in [9.17, 15) is 19.5 Å². The maximum Gasteiger partial charge on any atom is 0.311 e. The van der Waals surface area contributed by atoms with Crippen molar-refractivity contribution < 1.29 is 19.5 Å². The summed E-state index contributed by atoms with van der Waals surface area (Å²) in [5.74, 6) is -1.07. The lowest BCUT2D eigenvalue weighted by Crippen LogP contribution is -2.53. The van der Waals surface area contributed by atoms with Gasteiger partial charge in [0.1, 0.15) is 6.04 Å². The van der Waals surface area contributed by atoms with E-state index in [1.165, 1.54) is 0 Å². The minimum atomic E-state index is -0.831. The van der Waals surface area contributed by atoms with E-state index in [0.29, 0.717) is 38.6 Å². The zero-order valence-corrected chi connectivity index (χ0v) is 11.1. The quantitative estimate of drug-likeness (QED) is 0.774. The largest absolute Gasteiger partial charge is 0.481 e. The molecule has 2 aliphatic heterocycles. The molecule has 0 aliphatic carbocycles. The first-order valence-electron chi connectivity index (χ1n) is 6.80. The Labute approximate surface area is 112 Å². The predicted molar refractivity (Wildman–Crippen MR) is 67.3 cm³/mol. The Hall–Kier alpha value is -1.59. The van der Waals surface area contributed by atoms with Crippen molar-refractivity contribution in [2.45, 2.75) is 45.1 Å². The number of hydrogen-bond acceptors (Lipinski definition) is 3. The van der Waals surface area contributed by atoms with Gasteiger partial charge in [0.15, 0.2) is 0 Å². The van der Waals surface area contributed by atoms with Crippen LogP contribution in [0, 0.1) is 5.41 Å². The summed E-state index contributed by atoms with van der Waals surface area (Å²) < 4.78 is 0. The molecule has 2 fully saturated rings. The van der Waals surface area contributed by atoms with Gasteiger partial charge in [-0.3, -0.25) is 14.4 Å². The molecule has 2 rings (SSSR count). The van der Waals surface area contributed by atoms with Gasteiger partial charge in [0.2, 0.25) is 11.8 Å². The molecular weight excluding hydrogens is 248 g/mol. The van der Waals surface area contributed by atoms with Gasteiger partial charge in [-0.2, -0.15) is 0 Å². The maximum absolute atomic E-state index is 12.3. The first-order chi connectivity index (χ1) is 8.98. The first-order valence-corrected chi connectivity index (χ1v) is 6.80. The number of rotatable bonds is 3. The number of hydrogen-bond donors (Lipinski definition) is 2. The predicted octanol–water partition coefficient (Wildman–Crippen LogP) is 0.368. The van der Waals surface area contributed by atoms with Crippen LogP contribution in [0.5, 0.6) is 0 Å². The molecule has 106 valence electrons. The zero-order valence-electron chi connectivity index (χ0n) is 11.1. The summed E-state index contributed by atoms with van der Waals surface area (Å²) in [7, 11) is 0. The fraction of sp³-hybridized carbons (Fsp3) is 0.769. The molecule has 0 aromatic carbocycles. The van der Waals surface area contributed by atoms with E-state index in [1.807, 2.05) is 6.92 Å². The summed E-state index contributed by atoms with van der Waals surface area (Å²) in [5.41, 5.74) is -0.823. The van der Waals surface area contributed by atoms with Crippen LogP contribution in [0.25, 0.3) is 0 Å². The molecule has 2 saturated heterocycles. The van der Waals surface area contributed by atoms with Gasteiger partial charge in [-0.1, -0.05) is 6.92 Å². The Morgan fingerprint density at radius 2 is 2.26 bits per heavy atom. The number of carboxylic acid groups (broad SMARTS) is 1.